The van der Waals surface area contributed by atoms with Gasteiger partial charge in [0.2, 0.25) is 0 Å². The number of nitrogens with two attached hydrogens (primary N) is 1. The molecule has 4 heteroatoms. The van der Waals surface area contributed by atoms with Gasteiger partial charge in [-0.1, -0.05) is 0 Å². The maximum atomic E-state index is 12.3. The van der Waals surface area contributed by atoms with Gasteiger partial charge in [0.05, 0.1) is 5.41 Å². The summed E-state index contributed by atoms with van der Waals surface area (Å²) in [7, 11) is 0. The second-order valence-corrected chi connectivity index (χ2v) is 6.36. The monoisotopic (exact) mass is 241 g/mol. The molecular formula is C13H23NO3. The first-order valence-electron chi connectivity index (χ1n) is 6.37. The Morgan fingerprint density at radius 3 is 2.41 bits per heavy atom. The Hall–Kier alpha value is -0.610. The molecule has 0 radical (unpaired) electrons. The van der Waals surface area contributed by atoms with Crippen LogP contribution in [0.4, 0.5) is 0 Å². The van der Waals surface area contributed by atoms with Gasteiger partial charge in [-0.3, -0.25) is 4.79 Å². The molecule has 0 aromatic heterocycles. The summed E-state index contributed by atoms with van der Waals surface area (Å²) >= 11 is 0. The fourth-order valence-corrected chi connectivity index (χ4v) is 2.99. The minimum absolute atomic E-state index is 0.0579. The summed E-state index contributed by atoms with van der Waals surface area (Å²) in [4.78, 5) is 12.3. The quantitative estimate of drug-likeness (QED) is 0.744. The van der Waals surface area contributed by atoms with Gasteiger partial charge >= 0.3 is 5.97 Å². The Morgan fingerprint density at radius 2 is 1.94 bits per heavy atom. The van der Waals surface area contributed by atoms with Gasteiger partial charge in [-0.05, 0) is 45.4 Å². The highest BCUT2D eigenvalue weighted by Gasteiger charge is 2.71. The third kappa shape index (κ3) is 2.08. The van der Waals surface area contributed by atoms with Gasteiger partial charge < -0.3 is 15.2 Å². The van der Waals surface area contributed by atoms with Crippen molar-refractivity contribution >= 4 is 5.97 Å². The van der Waals surface area contributed by atoms with Crippen molar-refractivity contribution in [3.63, 3.8) is 0 Å². The van der Waals surface area contributed by atoms with Gasteiger partial charge in [-0.15, -0.1) is 0 Å². The van der Waals surface area contributed by atoms with E-state index >= 15 is 0 Å². The SMILES string of the molecule is CC(C)(C)OC(=O)C1(CN)CC12CCOCC2. The van der Waals surface area contributed by atoms with Gasteiger partial charge in [0, 0.05) is 19.8 Å². The maximum Gasteiger partial charge on any atom is 0.314 e. The summed E-state index contributed by atoms with van der Waals surface area (Å²) in [6.45, 7) is 7.56. The summed E-state index contributed by atoms with van der Waals surface area (Å²) in [6, 6.07) is 0. The highest BCUT2D eigenvalue weighted by atomic mass is 16.6. The van der Waals surface area contributed by atoms with E-state index < -0.39 is 11.0 Å². The van der Waals surface area contributed by atoms with Gasteiger partial charge in [0.1, 0.15) is 5.60 Å². The molecule has 2 N–H and O–H groups in total. The predicted molar refractivity (Wildman–Crippen MR) is 64.4 cm³/mol. The van der Waals surface area contributed by atoms with Crippen LogP contribution in [0, 0.1) is 10.8 Å². The number of hydrogen-bond acceptors (Lipinski definition) is 4. The molecule has 17 heavy (non-hydrogen) atoms. The third-order valence-corrected chi connectivity index (χ3v) is 4.12. The first-order chi connectivity index (χ1) is 7.85. The summed E-state index contributed by atoms with van der Waals surface area (Å²) in [5.41, 5.74) is 5.03. The second-order valence-electron chi connectivity index (χ2n) is 6.36. The number of hydrogen-bond donors (Lipinski definition) is 1. The molecule has 2 aliphatic rings. The second kappa shape index (κ2) is 3.95. The molecule has 1 heterocycles. The topological polar surface area (TPSA) is 61.5 Å². The molecule has 1 unspecified atom stereocenters. The number of ether oxygens (including phenoxy) is 2. The number of rotatable bonds is 2. The van der Waals surface area contributed by atoms with Gasteiger partial charge in [0.25, 0.3) is 0 Å². The zero-order valence-corrected chi connectivity index (χ0v) is 11.0. The standard InChI is InChI=1S/C13H23NO3/c1-11(2,3)17-10(15)13(9-14)8-12(13)4-6-16-7-5-12/h4-9,14H2,1-3H3. The Bertz CT molecular complexity index is 315. The molecule has 1 atom stereocenters. The largest absolute Gasteiger partial charge is 0.459 e. The molecule has 0 aromatic rings. The lowest BCUT2D eigenvalue weighted by molar-refractivity contribution is -0.164. The first kappa shape index (κ1) is 12.8. The van der Waals surface area contributed by atoms with E-state index in [1.807, 2.05) is 20.8 Å². The summed E-state index contributed by atoms with van der Waals surface area (Å²) < 4.78 is 10.9. The van der Waals surface area contributed by atoms with Crippen molar-refractivity contribution in [1.82, 2.24) is 0 Å². The molecule has 2 rings (SSSR count). The summed E-state index contributed by atoms with van der Waals surface area (Å²) in [5, 5.41) is 0. The zero-order chi connectivity index (χ0) is 12.7. The average Bonchev–Trinajstić information content (AvgIpc) is 2.86. The minimum atomic E-state index is -0.440. The molecule has 1 spiro atoms. The lowest BCUT2D eigenvalue weighted by Crippen LogP contribution is -2.39. The van der Waals surface area contributed by atoms with E-state index in [2.05, 4.69) is 0 Å². The average molecular weight is 241 g/mol. The molecule has 1 saturated carbocycles. The van der Waals surface area contributed by atoms with E-state index in [1.165, 1.54) is 0 Å². The van der Waals surface area contributed by atoms with Gasteiger partial charge in [-0.2, -0.15) is 0 Å². The van der Waals surface area contributed by atoms with E-state index in [0.29, 0.717) is 6.54 Å². The predicted octanol–water partition coefficient (Wildman–Crippen LogP) is 1.47. The van der Waals surface area contributed by atoms with Crippen molar-refractivity contribution < 1.29 is 14.3 Å². The van der Waals surface area contributed by atoms with Crippen LogP contribution in [0.3, 0.4) is 0 Å². The Balaban J connectivity index is 2.10. The summed E-state index contributed by atoms with van der Waals surface area (Å²) in [6.07, 6.45) is 2.74. The Kier molecular flexibility index (Phi) is 2.99. The highest BCUT2D eigenvalue weighted by molar-refractivity contribution is 5.82. The van der Waals surface area contributed by atoms with Crippen LogP contribution in [-0.4, -0.2) is 31.3 Å². The fourth-order valence-electron chi connectivity index (χ4n) is 2.99. The van der Waals surface area contributed by atoms with Crippen LogP contribution in [0.5, 0.6) is 0 Å². The Morgan fingerprint density at radius 1 is 1.35 bits per heavy atom. The lowest BCUT2D eigenvalue weighted by Gasteiger charge is -2.30. The molecule has 98 valence electrons. The van der Waals surface area contributed by atoms with Crippen LogP contribution in [-0.2, 0) is 14.3 Å². The molecule has 0 amide bonds. The van der Waals surface area contributed by atoms with Gasteiger partial charge in [-0.25, -0.2) is 0 Å². The lowest BCUT2D eigenvalue weighted by atomic mass is 9.86. The van der Waals surface area contributed by atoms with Crippen LogP contribution < -0.4 is 5.73 Å². The van der Waals surface area contributed by atoms with Crippen molar-refractivity contribution in [1.29, 1.82) is 0 Å². The smallest absolute Gasteiger partial charge is 0.314 e. The maximum absolute atomic E-state index is 12.3. The van der Waals surface area contributed by atoms with E-state index in [9.17, 15) is 4.79 Å². The number of carbonyl (C=O) groups excluding carboxylic acids is 1. The first-order valence-corrected chi connectivity index (χ1v) is 6.37. The van der Waals surface area contributed by atoms with E-state index in [4.69, 9.17) is 15.2 Å². The number of esters is 1. The van der Waals surface area contributed by atoms with E-state index in [0.717, 1.165) is 32.5 Å². The Labute approximate surface area is 103 Å². The normalized spacial score (nSPS) is 31.3. The van der Waals surface area contributed by atoms with E-state index in [1.54, 1.807) is 0 Å². The summed E-state index contributed by atoms with van der Waals surface area (Å²) in [5.74, 6) is -0.116. The van der Waals surface area contributed by atoms with Gasteiger partial charge in [0.15, 0.2) is 0 Å². The van der Waals surface area contributed by atoms with Crippen LogP contribution in [0.15, 0.2) is 0 Å². The minimum Gasteiger partial charge on any atom is -0.459 e. The molecule has 1 aliphatic heterocycles. The molecule has 4 nitrogen and oxygen atoms in total. The van der Waals surface area contributed by atoms with Crippen LogP contribution in [0.1, 0.15) is 40.0 Å². The van der Waals surface area contributed by atoms with Crippen molar-refractivity contribution in [2.45, 2.75) is 45.6 Å². The van der Waals surface area contributed by atoms with Crippen molar-refractivity contribution in [2.24, 2.45) is 16.6 Å². The highest BCUT2D eigenvalue weighted by Crippen LogP contribution is 2.69. The molecule has 0 aromatic carbocycles. The molecule has 2 fully saturated rings. The fraction of sp³-hybridized carbons (Fsp3) is 0.923. The molecule has 1 saturated heterocycles. The molecule has 0 bridgehead atoms. The number of carbonyl (C=O) groups is 1. The van der Waals surface area contributed by atoms with Crippen molar-refractivity contribution in [2.75, 3.05) is 19.8 Å². The zero-order valence-electron chi connectivity index (χ0n) is 11.0. The van der Waals surface area contributed by atoms with Crippen molar-refractivity contribution in [3.8, 4) is 0 Å². The van der Waals surface area contributed by atoms with Crippen LogP contribution >= 0.6 is 0 Å². The van der Waals surface area contributed by atoms with E-state index in [-0.39, 0.29) is 11.4 Å². The van der Waals surface area contributed by atoms with Crippen LogP contribution in [0.2, 0.25) is 0 Å². The molecular weight excluding hydrogens is 218 g/mol. The molecule has 1 aliphatic carbocycles. The third-order valence-electron chi connectivity index (χ3n) is 4.12. The van der Waals surface area contributed by atoms with Crippen LogP contribution in [0.25, 0.3) is 0 Å². The van der Waals surface area contributed by atoms with Crippen molar-refractivity contribution in [3.05, 3.63) is 0 Å².